The van der Waals surface area contributed by atoms with Crippen LogP contribution < -0.4 is 0 Å². The van der Waals surface area contributed by atoms with Gasteiger partial charge in [-0.05, 0) is 19.9 Å². The summed E-state index contributed by atoms with van der Waals surface area (Å²) >= 11 is 0. The average Bonchev–Trinajstić information content (AvgIpc) is 2.79. The highest BCUT2D eigenvalue weighted by molar-refractivity contribution is 8.13. The number of aromatic nitrogens is 4. The van der Waals surface area contributed by atoms with Crippen LogP contribution in [-0.2, 0) is 29.1 Å². The molecule has 0 atom stereocenters. The van der Waals surface area contributed by atoms with E-state index in [0.717, 1.165) is 12.1 Å². The second kappa shape index (κ2) is 4.97. The van der Waals surface area contributed by atoms with Crippen molar-refractivity contribution in [2.45, 2.75) is 31.7 Å². The molecule has 2 heterocycles. The van der Waals surface area contributed by atoms with Gasteiger partial charge in [-0.2, -0.15) is 10.2 Å². The molecule has 0 saturated carbocycles. The van der Waals surface area contributed by atoms with Crippen LogP contribution in [0.5, 0.6) is 0 Å². The highest BCUT2D eigenvalue weighted by Crippen LogP contribution is 2.23. The van der Waals surface area contributed by atoms with Crippen molar-refractivity contribution in [3.05, 3.63) is 29.3 Å². The van der Waals surface area contributed by atoms with Gasteiger partial charge in [-0.15, -0.1) is 0 Å². The number of hydrogen-bond acceptors (Lipinski definition) is 4. The fourth-order valence-corrected chi connectivity index (χ4v) is 3.64. The third-order valence-corrected chi connectivity index (χ3v) is 4.60. The summed E-state index contributed by atoms with van der Waals surface area (Å²) in [6, 6.07) is 1.92. The molecule has 0 spiro atoms. The summed E-state index contributed by atoms with van der Waals surface area (Å²) in [5.41, 5.74) is 2.05. The number of hydrogen-bond donors (Lipinski definition) is 0. The van der Waals surface area contributed by atoms with E-state index in [2.05, 4.69) is 10.2 Å². The number of aryl methyl sites for hydroxylation is 4. The minimum atomic E-state index is -3.75. The maximum absolute atomic E-state index is 11.5. The van der Waals surface area contributed by atoms with E-state index in [1.807, 2.05) is 13.1 Å². The Kier molecular flexibility index (Phi) is 3.69. The first-order chi connectivity index (χ1) is 8.80. The lowest BCUT2D eigenvalue weighted by molar-refractivity contribution is 0.568. The summed E-state index contributed by atoms with van der Waals surface area (Å²) in [7, 11) is 3.53. The Labute approximate surface area is 116 Å². The summed E-state index contributed by atoms with van der Waals surface area (Å²) in [5, 5.41) is 8.31. The summed E-state index contributed by atoms with van der Waals surface area (Å²) in [6.45, 7) is 3.93. The average molecular weight is 303 g/mol. The fourth-order valence-electron chi connectivity index (χ4n) is 2.12. The molecule has 0 N–H and O–H groups in total. The lowest BCUT2D eigenvalue weighted by Crippen LogP contribution is -2.08. The Bertz CT molecular complexity index is 702. The molecule has 2 rings (SSSR count). The van der Waals surface area contributed by atoms with Gasteiger partial charge in [0.15, 0.2) is 0 Å². The smallest absolute Gasteiger partial charge is 0.264 e. The quantitative estimate of drug-likeness (QED) is 0.801. The molecule has 0 aliphatic carbocycles. The third-order valence-electron chi connectivity index (χ3n) is 3.06. The standard InChI is InChI=1S/C11H15ClN4O2S/c1-8-11(19(12,17)18)9(2)16(14-8)7-5-10-4-6-13-15(10)3/h4,6H,5,7H2,1-3H3. The second-order valence-electron chi connectivity index (χ2n) is 4.36. The van der Waals surface area contributed by atoms with E-state index < -0.39 is 9.05 Å². The fraction of sp³-hybridized carbons (Fsp3) is 0.455. The molecule has 0 saturated heterocycles. The molecule has 104 valence electrons. The van der Waals surface area contributed by atoms with Crippen LogP contribution in [0.3, 0.4) is 0 Å². The van der Waals surface area contributed by atoms with Gasteiger partial charge >= 0.3 is 0 Å². The van der Waals surface area contributed by atoms with Gasteiger partial charge in [-0.1, -0.05) is 0 Å². The van der Waals surface area contributed by atoms with Crippen molar-refractivity contribution in [1.29, 1.82) is 0 Å². The van der Waals surface area contributed by atoms with Gasteiger partial charge in [-0.3, -0.25) is 9.36 Å². The third kappa shape index (κ3) is 2.82. The topological polar surface area (TPSA) is 69.8 Å². The van der Waals surface area contributed by atoms with Crippen molar-refractivity contribution >= 4 is 19.7 Å². The van der Waals surface area contributed by atoms with E-state index in [-0.39, 0.29) is 4.90 Å². The highest BCUT2D eigenvalue weighted by Gasteiger charge is 2.22. The SMILES string of the molecule is Cc1nn(CCc2ccnn2C)c(C)c1S(=O)(=O)Cl. The Hall–Kier alpha value is -1.34. The van der Waals surface area contributed by atoms with Crippen LogP contribution in [0.4, 0.5) is 0 Å². The molecular formula is C11H15ClN4O2S. The minimum Gasteiger partial charge on any atom is -0.273 e. The first-order valence-electron chi connectivity index (χ1n) is 5.76. The van der Waals surface area contributed by atoms with Gasteiger partial charge in [0.2, 0.25) is 0 Å². The normalized spacial score (nSPS) is 12.0. The molecule has 6 nitrogen and oxygen atoms in total. The van der Waals surface area contributed by atoms with E-state index in [1.165, 1.54) is 0 Å². The zero-order chi connectivity index (χ0) is 14.2. The monoisotopic (exact) mass is 302 g/mol. The summed E-state index contributed by atoms with van der Waals surface area (Å²) < 4.78 is 26.4. The predicted octanol–water partition coefficient (Wildman–Crippen LogP) is 1.40. The van der Waals surface area contributed by atoms with Crippen LogP contribution in [0.1, 0.15) is 17.1 Å². The van der Waals surface area contributed by atoms with Crippen LogP contribution in [0.2, 0.25) is 0 Å². The van der Waals surface area contributed by atoms with Crippen LogP contribution >= 0.6 is 10.7 Å². The lowest BCUT2D eigenvalue weighted by atomic mass is 10.3. The van der Waals surface area contributed by atoms with Gasteiger partial charge in [0, 0.05) is 42.6 Å². The van der Waals surface area contributed by atoms with Gasteiger partial charge in [0.05, 0.1) is 11.4 Å². The zero-order valence-corrected chi connectivity index (χ0v) is 12.5. The summed E-state index contributed by atoms with van der Waals surface area (Å²) in [4.78, 5) is 0.110. The van der Waals surface area contributed by atoms with Crippen LogP contribution in [0, 0.1) is 13.8 Å². The molecule has 2 aromatic rings. The predicted molar refractivity (Wildman–Crippen MR) is 71.7 cm³/mol. The molecule has 0 fully saturated rings. The molecule has 0 aliphatic heterocycles. The summed E-state index contributed by atoms with van der Waals surface area (Å²) in [6.07, 6.45) is 2.45. The van der Waals surface area contributed by atoms with E-state index in [9.17, 15) is 8.42 Å². The minimum absolute atomic E-state index is 0.110. The van der Waals surface area contributed by atoms with Gasteiger partial charge in [-0.25, -0.2) is 8.42 Å². The molecule has 2 aromatic heterocycles. The van der Waals surface area contributed by atoms with Crippen molar-refractivity contribution in [2.75, 3.05) is 0 Å². The molecule has 0 unspecified atom stereocenters. The van der Waals surface area contributed by atoms with Crippen molar-refractivity contribution in [3.8, 4) is 0 Å². The van der Waals surface area contributed by atoms with Crippen LogP contribution in [0.15, 0.2) is 17.2 Å². The first-order valence-corrected chi connectivity index (χ1v) is 8.07. The van der Waals surface area contributed by atoms with E-state index in [0.29, 0.717) is 17.9 Å². The molecule has 0 radical (unpaired) electrons. The molecular weight excluding hydrogens is 288 g/mol. The van der Waals surface area contributed by atoms with Crippen molar-refractivity contribution in [3.63, 3.8) is 0 Å². The van der Waals surface area contributed by atoms with Crippen molar-refractivity contribution < 1.29 is 8.42 Å². The maximum Gasteiger partial charge on any atom is 0.264 e. The largest absolute Gasteiger partial charge is 0.273 e. The van der Waals surface area contributed by atoms with Gasteiger partial charge in [0.1, 0.15) is 4.90 Å². The molecule has 0 amide bonds. The van der Waals surface area contributed by atoms with Crippen molar-refractivity contribution in [1.82, 2.24) is 19.6 Å². The van der Waals surface area contributed by atoms with Gasteiger partial charge < -0.3 is 0 Å². The first kappa shape index (κ1) is 14.1. The van der Waals surface area contributed by atoms with E-state index in [1.54, 1.807) is 29.4 Å². The highest BCUT2D eigenvalue weighted by atomic mass is 35.7. The number of halogens is 1. The van der Waals surface area contributed by atoms with Crippen molar-refractivity contribution in [2.24, 2.45) is 7.05 Å². The van der Waals surface area contributed by atoms with E-state index >= 15 is 0 Å². The van der Waals surface area contributed by atoms with Crippen LogP contribution in [0.25, 0.3) is 0 Å². The molecule has 0 bridgehead atoms. The Balaban J connectivity index is 2.26. The molecule has 0 aliphatic rings. The number of nitrogens with zero attached hydrogens (tertiary/aromatic N) is 4. The van der Waals surface area contributed by atoms with Crippen LogP contribution in [-0.4, -0.2) is 28.0 Å². The number of rotatable bonds is 4. The molecule has 19 heavy (non-hydrogen) atoms. The summed E-state index contributed by atoms with van der Waals surface area (Å²) in [5.74, 6) is 0. The lowest BCUT2D eigenvalue weighted by Gasteiger charge is -2.05. The Morgan fingerprint density at radius 3 is 2.53 bits per heavy atom. The van der Waals surface area contributed by atoms with E-state index in [4.69, 9.17) is 10.7 Å². The molecule has 0 aromatic carbocycles. The maximum atomic E-state index is 11.5. The Morgan fingerprint density at radius 1 is 1.37 bits per heavy atom. The van der Waals surface area contributed by atoms with Gasteiger partial charge in [0.25, 0.3) is 9.05 Å². The zero-order valence-electron chi connectivity index (χ0n) is 11.0. The Morgan fingerprint density at radius 2 is 2.05 bits per heavy atom. The second-order valence-corrected chi connectivity index (χ2v) is 6.86. The molecule has 8 heteroatoms.